The van der Waals surface area contributed by atoms with Crippen molar-refractivity contribution >= 4 is 29.4 Å². The molecule has 2 aromatic heterocycles. The Hall–Kier alpha value is -4.17. The summed E-state index contributed by atoms with van der Waals surface area (Å²) in [5.41, 5.74) is 4.47. The Kier molecular flexibility index (Phi) is 7.12. The molecule has 1 atom stereocenters. The number of pyridine rings is 1. The SMILES string of the molecule is Cc1onc(-c2ccc(-c3ccc(CC(=O)O)cn3)cc2)c1NC(=O)OC(C)c1ccccc1Cl. The monoisotopic (exact) mass is 491 g/mol. The van der Waals surface area contributed by atoms with Crippen LogP contribution in [0.1, 0.15) is 29.9 Å². The number of carboxylic acid groups (broad SMARTS) is 1. The fourth-order valence-electron chi connectivity index (χ4n) is 3.55. The van der Waals surface area contributed by atoms with Crippen LogP contribution in [0.25, 0.3) is 22.5 Å². The molecule has 2 aromatic carbocycles. The maximum atomic E-state index is 12.6. The molecule has 1 amide bonds. The van der Waals surface area contributed by atoms with E-state index in [1.165, 1.54) is 0 Å². The molecule has 0 radical (unpaired) electrons. The van der Waals surface area contributed by atoms with E-state index in [0.717, 1.165) is 11.1 Å². The second-order valence-electron chi connectivity index (χ2n) is 7.86. The van der Waals surface area contributed by atoms with E-state index in [-0.39, 0.29) is 6.42 Å². The van der Waals surface area contributed by atoms with Crippen LogP contribution in [-0.2, 0) is 16.0 Å². The number of aromatic nitrogens is 2. The van der Waals surface area contributed by atoms with Crippen LogP contribution in [0.2, 0.25) is 5.02 Å². The van der Waals surface area contributed by atoms with E-state index in [1.807, 2.05) is 30.3 Å². The molecule has 1 unspecified atom stereocenters. The van der Waals surface area contributed by atoms with Gasteiger partial charge in [-0.25, -0.2) is 4.79 Å². The van der Waals surface area contributed by atoms with Gasteiger partial charge in [0.2, 0.25) is 0 Å². The lowest BCUT2D eigenvalue weighted by atomic mass is 10.0. The third kappa shape index (κ3) is 5.67. The number of rotatable bonds is 7. The lowest BCUT2D eigenvalue weighted by molar-refractivity contribution is -0.136. The molecular formula is C26H22ClN3O5. The van der Waals surface area contributed by atoms with Crippen LogP contribution in [0.15, 0.2) is 71.4 Å². The average molecular weight is 492 g/mol. The van der Waals surface area contributed by atoms with Crippen LogP contribution in [0, 0.1) is 6.92 Å². The Balaban J connectivity index is 1.48. The quantitative estimate of drug-likeness (QED) is 0.311. The number of carboxylic acids is 1. The van der Waals surface area contributed by atoms with E-state index in [1.54, 1.807) is 50.4 Å². The van der Waals surface area contributed by atoms with Crippen LogP contribution >= 0.6 is 11.6 Å². The fourth-order valence-corrected chi connectivity index (χ4v) is 3.84. The van der Waals surface area contributed by atoms with Crippen molar-refractivity contribution in [2.45, 2.75) is 26.4 Å². The van der Waals surface area contributed by atoms with E-state index in [2.05, 4.69) is 15.5 Å². The summed E-state index contributed by atoms with van der Waals surface area (Å²) in [6.07, 6.45) is 0.260. The Bertz CT molecular complexity index is 1350. The second kappa shape index (κ2) is 10.4. The third-order valence-electron chi connectivity index (χ3n) is 5.35. The van der Waals surface area contributed by atoms with Gasteiger partial charge in [0, 0.05) is 27.9 Å². The summed E-state index contributed by atoms with van der Waals surface area (Å²) >= 11 is 6.20. The normalized spacial score (nSPS) is 11.6. The van der Waals surface area contributed by atoms with Crippen molar-refractivity contribution in [3.8, 4) is 22.5 Å². The zero-order valence-corrected chi connectivity index (χ0v) is 19.7. The van der Waals surface area contributed by atoms with Crippen LogP contribution < -0.4 is 5.32 Å². The molecule has 4 aromatic rings. The molecule has 0 saturated heterocycles. The number of hydrogen-bond acceptors (Lipinski definition) is 6. The molecule has 0 bridgehead atoms. The zero-order valence-electron chi connectivity index (χ0n) is 19.0. The Morgan fingerprint density at radius 2 is 1.80 bits per heavy atom. The molecule has 0 spiro atoms. The van der Waals surface area contributed by atoms with Gasteiger partial charge in [-0.1, -0.05) is 65.3 Å². The number of carbonyl (C=O) groups is 2. The topological polar surface area (TPSA) is 115 Å². The van der Waals surface area contributed by atoms with Crippen molar-refractivity contribution in [2.75, 3.05) is 5.32 Å². The van der Waals surface area contributed by atoms with E-state index >= 15 is 0 Å². The van der Waals surface area contributed by atoms with Crippen LogP contribution in [0.4, 0.5) is 10.5 Å². The number of nitrogens with one attached hydrogen (secondary N) is 1. The van der Waals surface area contributed by atoms with Crippen molar-refractivity contribution in [1.29, 1.82) is 0 Å². The van der Waals surface area contributed by atoms with Crippen LogP contribution in [-0.4, -0.2) is 27.3 Å². The summed E-state index contributed by atoms with van der Waals surface area (Å²) < 4.78 is 10.8. The minimum Gasteiger partial charge on any atom is -0.481 e. The number of nitrogens with zero attached hydrogens (tertiary/aromatic N) is 2. The van der Waals surface area contributed by atoms with Gasteiger partial charge in [0.05, 0.1) is 12.1 Å². The predicted octanol–water partition coefficient (Wildman–Crippen LogP) is 6.30. The largest absolute Gasteiger partial charge is 0.481 e. The number of anilines is 1. The van der Waals surface area contributed by atoms with Gasteiger partial charge >= 0.3 is 12.1 Å². The highest BCUT2D eigenvalue weighted by Crippen LogP contribution is 2.32. The summed E-state index contributed by atoms with van der Waals surface area (Å²) in [6.45, 7) is 3.43. The first-order valence-electron chi connectivity index (χ1n) is 10.8. The minimum absolute atomic E-state index is 0.0763. The molecule has 8 nitrogen and oxygen atoms in total. The molecule has 0 aliphatic heterocycles. The summed E-state index contributed by atoms with van der Waals surface area (Å²) in [5.74, 6) is -0.472. The van der Waals surface area contributed by atoms with E-state index in [0.29, 0.717) is 39.0 Å². The van der Waals surface area contributed by atoms with Gasteiger partial charge in [0.15, 0.2) is 5.76 Å². The predicted molar refractivity (Wildman–Crippen MR) is 131 cm³/mol. The summed E-state index contributed by atoms with van der Waals surface area (Å²) in [5, 5.41) is 16.2. The molecule has 2 heterocycles. The number of hydrogen-bond donors (Lipinski definition) is 2. The number of amides is 1. The van der Waals surface area contributed by atoms with E-state index in [4.69, 9.17) is 26.0 Å². The van der Waals surface area contributed by atoms with Gasteiger partial charge in [-0.05, 0) is 31.5 Å². The van der Waals surface area contributed by atoms with Crippen molar-refractivity contribution in [2.24, 2.45) is 0 Å². The maximum absolute atomic E-state index is 12.6. The fraction of sp³-hybridized carbons (Fsp3) is 0.154. The first kappa shape index (κ1) is 24.0. The second-order valence-corrected chi connectivity index (χ2v) is 8.26. The van der Waals surface area contributed by atoms with E-state index in [9.17, 15) is 9.59 Å². The molecule has 178 valence electrons. The molecule has 0 aliphatic carbocycles. The molecule has 4 rings (SSSR count). The standard InChI is InChI=1S/C26H22ClN3O5/c1-15(20-5-3-4-6-21(20)27)34-26(33)29-24-16(2)35-30-25(24)19-10-8-18(9-11-19)22-12-7-17(14-28-22)13-23(31)32/h3-12,14-15H,13H2,1-2H3,(H,29,33)(H,31,32). The number of aliphatic carboxylic acids is 1. The highest BCUT2D eigenvalue weighted by Gasteiger charge is 2.20. The summed E-state index contributed by atoms with van der Waals surface area (Å²) in [7, 11) is 0. The third-order valence-corrected chi connectivity index (χ3v) is 5.70. The molecular weight excluding hydrogens is 470 g/mol. The summed E-state index contributed by atoms with van der Waals surface area (Å²) in [4.78, 5) is 27.8. The van der Waals surface area contributed by atoms with Crippen molar-refractivity contribution in [1.82, 2.24) is 10.1 Å². The highest BCUT2D eigenvalue weighted by atomic mass is 35.5. The van der Waals surface area contributed by atoms with E-state index < -0.39 is 18.2 Å². The van der Waals surface area contributed by atoms with Crippen molar-refractivity contribution in [3.05, 3.63) is 88.8 Å². The van der Waals surface area contributed by atoms with Gasteiger partial charge in [0.1, 0.15) is 17.5 Å². The average Bonchev–Trinajstić information content (AvgIpc) is 3.19. The highest BCUT2D eigenvalue weighted by molar-refractivity contribution is 6.31. The molecule has 9 heteroatoms. The Morgan fingerprint density at radius 1 is 1.09 bits per heavy atom. The maximum Gasteiger partial charge on any atom is 0.412 e. The Morgan fingerprint density at radius 3 is 2.46 bits per heavy atom. The molecule has 0 fully saturated rings. The minimum atomic E-state index is -0.904. The molecule has 0 aliphatic rings. The van der Waals surface area contributed by atoms with Gasteiger partial charge < -0.3 is 14.4 Å². The lowest BCUT2D eigenvalue weighted by Gasteiger charge is -2.15. The number of ether oxygens (including phenoxy) is 1. The number of benzene rings is 2. The molecule has 2 N–H and O–H groups in total. The van der Waals surface area contributed by atoms with Gasteiger partial charge in [-0.15, -0.1) is 0 Å². The van der Waals surface area contributed by atoms with Gasteiger partial charge in [-0.3, -0.25) is 15.1 Å². The number of aryl methyl sites for hydroxylation is 1. The molecule has 35 heavy (non-hydrogen) atoms. The lowest BCUT2D eigenvalue weighted by Crippen LogP contribution is -2.17. The van der Waals surface area contributed by atoms with Gasteiger partial charge in [0.25, 0.3) is 0 Å². The first-order valence-corrected chi connectivity index (χ1v) is 11.2. The number of carbonyl (C=O) groups excluding carboxylic acids is 1. The zero-order chi connectivity index (χ0) is 24.9. The van der Waals surface area contributed by atoms with Gasteiger partial charge in [-0.2, -0.15) is 0 Å². The van der Waals surface area contributed by atoms with Crippen molar-refractivity contribution < 1.29 is 24.0 Å². The van der Waals surface area contributed by atoms with Crippen LogP contribution in [0.5, 0.6) is 0 Å². The summed E-state index contributed by atoms with van der Waals surface area (Å²) in [6, 6.07) is 18.1. The molecule has 0 saturated carbocycles. The first-order chi connectivity index (χ1) is 16.8. The van der Waals surface area contributed by atoms with Crippen LogP contribution in [0.3, 0.4) is 0 Å². The number of halogens is 1. The smallest absolute Gasteiger partial charge is 0.412 e. The Labute approximate surface area is 206 Å². The van der Waals surface area contributed by atoms with Crippen molar-refractivity contribution in [3.63, 3.8) is 0 Å².